The highest BCUT2D eigenvalue weighted by Gasteiger charge is 2.33. The smallest absolute Gasteiger partial charge is 0.410 e. The first-order valence-electron chi connectivity index (χ1n) is 23.6. The summed E-state index contributed by atoms with van der Waals surface area (Å²) in [4.78, 5) is 73.5. The molecule has 2 aliphatic rings. The van der Waals surface area contributed by atoms with Crippen LogP contribution in [0, 0.1) is 0 Å². The van der Waals surface area contributed by atoms with Crippen molar-refractivity contribution < 1.29 is 28.7 Å². The van der Waals surface area contributed by atoms with Crippen LogP contribution in [0.5, 0.6) is 0 Å². The zero-order valence-electron chi connectivity index (χ0n) is 41.8. The summed E-state index contributed by atoms with van der Waals surface area (Å²) in [5, 5.41) is 12.6. The van der Waals surface area contributed by atoms with E-state index in [2.05, 4.69) is 53.3 Å². The number of thiazole rings is 2. The lowest BCUT2D eigenvalue weighted by atomic mass is 10.0. The molecule has 0 bridgehead atoms. The minimum atomic E-state index is -0.546. The minimum Gasteiger partial charge on any atom is -0.444 e. The molecule has 2 aliphatic heterocycles. The molecule has 20 heteroatoms. The Balaban J connectivity index is 0.000000211. The molecule has 376 valence electrons. The molecule has 0 radical (unpaired) electrons. The Bertz CT molecular complexity index is 2730. The van der Waals surface area contributed by atoms with Gasteiger partial charge in [0.15, 0.2) is 0 Å². The predicted molar refractivity (Wildman–Crippen MR) is 286 cm³/mol. The molecule has 0 fully saturated rings. The van der Waals surface area contributed by atoms with E-state index in [1.807, 2.05) is 60.6 Å². The predicted octanol–water partition coefficient (Wildman–Crippen LogP) is 11.0. The van der Waals surface area contributed by atoms with E-state index in [0.29, 0.717) is 64.1 Å². The van der Waals surface area contributed by atoms with Crippen LogP contribution in [0.3, 0.4) is 0 Å². The van der Waals surface area contributed by atoms with Gasteiger partial charge < -0.3 is 41.0 Å². The van der Waals surface area contributed by atoms with Gasteiger partial charge in [-0.15, -0.1) is 45.3 Å². The largest absolute Gasteiger partial charge is 0.444 e. The lowest BCUT2D eigenvalue weighted by molar-refractivity contribution is -0.116. The molecule has 0 unspecified atom stereocenters. The van der Waals surface area contributed by atoms with Crippen molar-refractivity contribution in [3.63, 3.8) is 0 Å². The number of pyridine rings is 2. The van der Waals surface area contributed by atoms with E-state index >= 15 is 0 Å². The van der Waals surface area contributed by atoms with Crippen LogP contribution in [0.25, 0.3) is 41.6 Å². The maximum Gasteiger partial charge on any atom is 0.410 e. The highest BCUT2D eigenvalue weighted by atomic mass is 32.1. The van der Waals surface area contributed by atoms with Gasteiger partial charge in [0.2, 0.25) is 11.8 Å². The third kappa shape index (κ3) is 14.4. The highest BCUT2D eigenvalue weighted by Crippen LogP contribution is 2.47. The summed E-state index contributed by atoms with van der Waals surface area (Å²) in [6, 6.07) is 4.65. The summed E-state index contributed by atoms with van der Waals surface area (Å²) < 4.78 is 13.2. The first kappa shape index (κ1) is 54.0. The van der Waals surface area contributed by atoms with Gasteiger partial charge in [0.1, 0.15) is 42.3 Å². The van der Waals surface area contributed by atoms with Crippen molar-refractivity contribution in [2.24, 2.45) is 5.73 Å². The molecule has 6 aromatic heterocycles. The van der Waals surface area contributed by atoms with Crippen LogP contribution in [0.15, 0.2) is 49.6 Å². The van der Waals surface area contributed by atoms with Gasteiger partial charge >= 0.3 is 12.2 Å². The number of nitrogens with one attached hydrogen (secondary N) is 3. The maximum atomic E-state index is 12.8. The Kier molecular flexibility index (Phi) is 18.3. The van der Waals surface area contributed by atoms with E-state index in [4.69, 9.17) is 25.2 Å². The van der Waals surface area contributed by atoms with Crippen LogP contribution in [0.2, 0.25) is 0 Å². The number of amides is 4. The standard InChI is InChI=1S/C25H33N5O3S2.C21H22N4O3S2.C4H11N/c1-6-15(2)27-11-8-20(31)29-23-21(22-28-17-13-26-10-7-18(17)34-22)16-9-12-30(14-19(16)35-23)24(32)33-25(3,4)5;1-5-16(26)24-19-17(18-23-13-10-22-8-6-14(13)29-18)12-7-9-25(11-15(12)30-19)20(27)28-21(2,3)4;1-3-4(2)5/h7,10,13,15,27H,6,8-9,11-12,14H2,1-5H3,(H,29,31);5-6,8,10H,1,7,9,11H2,2-4H3,(H,24,26);4H,3,5H2,1-2H3/t15-;;4-/m1.1/s1. The van der Waals surface area contributed by atoms with Crippen LogP contribution in [0.4, 0.5) is 19.6 Å². The van der Waals surface area contributed by atoms with Gasteiger partial charge in [-0.05, 0) is 110 Å². The monoisotopic (exact) mass is 1030 g/mol. The van der Waals surface area contributed by atoms with Crippen molar-refractivity contribution in [1.82, 2.24) is 35.1 Å². The lowest BCUT2D eigenvalue weighted by Crippen LogP contribution is -2.39. The van der Waals surface area contributed by atoms with E-state index < -0.39 is 11.2 Å². The molecule has 8 rings (SSSR count). The molecule has 16 nitrogen and oxygen atoms in total. The molecule has 2 atom stereocenters. The Hall–Kier alpha value is -5.38. The van der Waals surface area contributed by atoms with Crippen LogP contribution < -0.4 is 21.7 Å². The van der Waals surface area contributed by atoms with E-state index in [9.17, 15) is 19.2 Å². The molecule has 0 aliphatic carbocycles. The summed E-state index contributed by atoms with van der Waals surface area (Å²) in [7, 11) is 0. The second-order valence-electron chi connectivity index (χ2n) is 19.1. The molecule has 8 heterocycles. The molecule has 0 saturated carbocycles. The SMILES string of the molecule is C=CC(=O)Nc1sc2c(c1-c1nc3cnccc3s1)CCN(C(=O)OC(C)(C)C)C2.CC[C@@H](C)N.CC[C@@H](C)NCCC(=O)Nc1sc2c(c1-c1nc3cnccc3s1)CCN(C(=O)OC(C)(C)C)C2. The number of carbonyl (C=O) groups is 4. The molecular formula is C50H66N10O6S4. The number of nitrogens with two attached hydrogens (primary N) is 1. The topological polar surface area (TPSA) is 207 Å². The molecule has 4 amide bonds. The van der Waals surface area contributed by atoms with Crippen molar-refractivity contribution in [3.8, 4) is 21.1 Å². The number of hydrogen-bond acceptors (Lipinski definition) is 16. The quantitative estimate of drug-likeness (QED) is 0.0894. The summed E-state index contributed by atoms with van der Waals surface area (Å²) in [5.74, 6) is -0.311. The van der Waals surface area contributed by atoms with Crippen molar-refractivity contribution in [1.29, 1.82) is 0 Å². The second kappa shape index (κ2) is 23.7. The van der Waals surface area contributed by atoms with Gasteiger partial charge in [-0.2, -0.15) is 0 Å². The fourth-order valence-corrected chi connectivity index (χ4v) is 11.8. The van der Waals surface area contributed by atoms with Crippen molar-refractivity contribution in [3.05, 3.63) is 70.5 Å². The van der Waals surface area contributed by atoms with Gasteiger partial charge in [0, 0.05) is 71.4 Å². The zero-order chi connectivity index (χ0) is 50.9. The van der Waals surface area contributed by atoms with Gasteiger partial charge in [-0.3, -0.25) is 19.6 Å². The Morgan fingerprint density at radius 2 is 1.21 bits per heavy atom. The van der Waals surface area contributed by atoms with Crippen molar-refractivity contribution >= 4 is 99.8 Å². The number of rotatable bonds is 11. The number of nitrogens with zero attached hydrogens (tertiary/aromatic N) is 6. The van der Waals surface area contributed by atoms with Crippen molar-refractivity contribution in [2.75, 3.05) is 30.3 Å². The van der Waals surface area contributed by atoms with Gasteiger partial charge in [-0.25, -0.2) is 19.6 Å². The molecule has 70 heavy (non-hydrogen) atoms. The third-order valence-corrected chi connectivity index (χ3v) is 15.4. The van der Waals surface area contributed by atoms with Crippen LogP contribution in [-0.4, -0.2) is 96.7 Å². The number of carbonyl (C=O) groups excluding carboxylic acids is 4. The molecular weight excluding hydrogens is 965 g/mol. The summed E-state index contributed by atoms with van der Waals surface area (Å²) in [6.45, 7) is 25.7. The first-order chi connectivity index (χ1) is 33.2. The van der Waals surface area contributed by atoms with E-state index in [1.54, 1.807) is 57.3 Å². The van der Waals surface area contributed by atoms with Crippen LogP contribution >= 0.6 is 45.3 Å². The fraction of sp³-hybridized carbons (Fsp3) is 0.480. The van der Waals surface area contributed by atoms with Crippen molar-refractivity contribution in [2.45, 2.75) is 138 Å². The zero-order valence-corrected chi connectivity index (χ0v) is 45.1. The van der Waals surface area contributed by atoms with E-state index in [1.165, 1.54) is 28.7 Å². The number of ether oxygens (including phenoxy) is 2. The highest BCUT2D eigenvalue weighted by molar-refractivity contribution is 7.23. The number of aromatic nitrogens is 4. The Morgan fingerprint density at radius 3 is 1.61 bits per heavy atom. The second-order valence-corrected chi connectivity index (χ2v) is 23.4. The third-order valence-electron chi connectivity index (χ3n) is 11.0. The lowest BCUT2D eigenvalue weighted by Gasteiger charge is -2.30. The minimum absolute atomic E-state index is 0.0348. The maximum absolute atomic E-state index is 12.8. The average molecular weight is 1030 g/mol. The average Bonchev–Trinajstić information content (AvgIpc) is 4.09. The van der Waals surface area contributed by atoms with Crippen LogP contribution in [0.1, 0.15) is 109 Å². The normalized spacial score (nSPS) is 14.3. The van der Waals surface area contributed by atoms with E-state index in [-0.39, 0.29) is 24.0 Å². The molecule has 0 aromatic carbocycles. The molecule has 0 spiro atoms. The number of fused-ring (bicyclic) bond motifs is 4. The summed E-state index contributed by atoms with van der Waals surface area (Å²) >= 11 is 6.16. The summed E-state index contributed by atoms with van der Waals surface area (Å²) in [5.41, 5.74) is 10.0. The molecule has 5 N–H and O–H groups in total. The fourth-order valence-electron chi connectivity index (χ4n) is 7.10. The Morgan fingerprint density at radius 1 is 0.757 bits per heavy atom. The summed E-state index contributed by atoms with van der Waals surface area (Å²) in [6.07, 6.45) is 11.4. The van der Waals surface area contributed by atoms with Gasteiger partial charge in [-0.1, -0.05) is 20.4 Å². The van der Waals surface area contributed by atoms with Crippen LogP contribution in [-0.2, 0) is 45.0 Å². The van der Waals surface area contributed by atoms with Gasteiger partial charge in [0.05, 0.1) is 34.9 Å². The first-order valence-corrected chi connectivity index (χ1v) is 26.8. The van der Waals surface area contributed by atoms with Gasteiger partial charge in [0.25, 0.3) is 0 Å². The number of anilines is 2. The molecule has 6 aromatic rings. The molecule has 0 saturated heterocycles. The number of hydrogen-bond donors (Lipinski definition) is 4. The number of thiophene rings is 2. The Labute approximate surface area is 426 Å². The van der Waals surface area contributed by atoms with E-state index in [0.717, 1.165) is 85.3 Å².